The summed E-state index contributed by atoms with van der Waals surface area (Å²) in [5, 5.41) is 22.5. The van der Waals surface area contributed by atoms with E-state index in [1.165, 1.54) is 12.1 Å². The van der Waals surface area contributed by atoms with Gasteiger partial charge in [-0.15, -0.1) is 0 Å². The molecule has 8 heteroatoms. The maximum absolute atomic E-state index is 12.2. The topological polar surface area (TPSA) is 110 Å². The van der Waals surface area contributed by atoms with Crippen LogP contribution in [0.3, 0.4) is 0 Å². The second-order valence-electron chi connectivity index (χ2n) is 5.52. The van der Waals surface area contributed by atoms with E-state index in [0.717, 1.165) is 0 Å². The summed E-state index contributed by atoms with van der Waals surface area (Å²) in [4.78, 5) is 33.6. The number of halogens is 1. The van der Waals surface area contributed by atoms with Crippen molar-refractivity contribution in [2.75, 3.05) is 5.32 Å². The molecule has 0 saturated heterocycles. The van der Waals surface area contributed by atoms with Gasteiger partial charge in [-0.05, 0) is 17.5 Å². The highest BCUT2D eigenvalue weighted by molar-refractivity contribution is 9.10. The van der Waals surface area contributed by atoms with Crippen molar-refractivity contribution in [1.29, 1.82) is 0 Å². The fraction of sp³-hybridized carbons (Fsp3) is 0.385. The Labute approximate surface area is 128 Å². The van der Waals surface area contributed by atoms with E-state index in [0.29, 0.717) is 4.47 Å². The molecule has 0 heterocycles. The van der Waals surface area contributed by atoms with Gasteiger partial charge in [0.05, 0.1) is 16.8 Å². The van der Waals surface area contributed by atoms with Gasteiger partial charge in [0.1, 0.15) is 5.69 Å². The smallest absolute Gasteiger partial charge is 0.307 e. The Morgan fingerprint density at radius 1 is 1.38 bits per heavy atom. The third kappa shape index (κ3) is 2.76. The van der Waals surface area contributed by atoms with Crippen molar-refractivity contribution in [3.05, 3.63) is 32.8 Å². The zero-order valence-corrected chi connectivity index (χ0v) is 12.9. The predicted octanol–water partition coefficient (Wildman–Crippen LogP) is 2.65. The minimum absolute atomic E-state index is 0.0556. The fourth-order valence-electron chi connectivity index (χ4n) is 2.56. The van der Waals surface area contributed by atoms with Gasteiger partial charge in [0.25, 0.3) is 5.69 Å². The van der Waals surface area contributed by atoms with Gasteiger partial charge >= 0.3 is 5.97 Å². The zero-order valence-electron chi connectivity index (χ0n) is 11.3. The second-order valence-corrected chi connectivity index (χ2v) is 6.44. The van der Waals surface area contributed by atoms with Gasteiger partial charge in [0.15, 0.2) is 0 Å². The molecule has 1 fully saturated rings. The summed E-state index contributed by atoms with van der Waals surface area (Å²) in [5.74, 6) is -3.02. The van der Waals surface area contributed by atoms with Crippen molar-refractivity contribution in [1.82, 2.24) is 0 Å². The van der Waals surface area contributed by atoms with Crippen molar-refractivity contribution >= 4 is 39.2 Å². The van der Waals surface area contributed by atoms with Crippen LogP contribution in [0.15, 0.2) is 22.7 Å². The summed E-state index contributed by atoms with van der Waals surface area (Å²) in [6.07, 6.45) is 0. The standard InChI is InChI=1S/C13H13BrN2O5/c1-13(2)9(10(13)12(18)19)11(17)15-7-4-3-6(14)5-8(7)16(20)21/h3-5,9-10H,1-2H3,(H,15,17)(H,18,19). The van der Waals surface area contributed by atoms with Crippen LogP contribution >= 0.6 is 15.9 Å². The van der Waals surface area contributed by atoms with Gasteiger partial charge in [0.2, 0.25) is 5.91 Å². The minimum atomic E-state index is -1.04. The number of carbonyl (C=O) groups excluding carboxylic acids is 1. The number of rotatable bonds is 4. The van der Waals surface area contributed by atoms with Crippen molar-refractivity contribution < 1.29 is 19.6 Å². The van der Waals surface area contributed by atoms with E-state index in [4.69, 9.17) is 5.11 Å². The molecule has 1 aromatic carbocycles. The number of benzene rings is 1. The molecular formula is C13H13BrN2O5. The molecule has 2 rings (SSSR count). The number of carboxylic acids is 1. The van der Waals surface area contributed by atoms with Crippen LogP contribution < -0.4 is 5.32 Å². The highest BCUT2D eigenvalue weighted by atomic mass is 79.9. The van der Waals surface area contributed by atoms with Crippen LogP contribution in [0.2, 0.25) is 0 Å². The Bertz CT molecular complexity index is 643. The number of nitrogens with one attached hydrogen (secondary N) is 1. The monoisotopic (exact) mass is 356 g/mol. The zero-order chi connectivity index (χ0) is 15.9. The molecule has 0 aromatic heterocycles. The van der Waals surface area contributed by atoms with Crippen molar-refractivity contribution in [3.8, 4) is 0 Å². The van der Waals surface area contributed by atoms with Crippen molar-refractivity contribution in [2.45, 2.75) is 13.8 Å². The Kier molecular flexibility index (Phi) is 3.75. The first-order valence-electron chi connectivity index (χ1n) is 6.14. The highest BCUT2D eigenvalue weighted by Gasteiger charge is 2.66. The highest BCUT2D eigenvalue weighted by Crippen LogP contribution is 2.58. The summed E-state index contributed by atoms with van der Waals surface area (Å²) in [5.41, 5.74) is -0.844. The number of hydrogen-bond acceptors (Lipinski definition) is 4. The number of nitro benzene ring substituents is 1. The second kappa shape index (κ2) is 5.10. The van der Waals surface area contributed by atoms with E-state index < -0.39 is 34.1 Å². The first-order valence-corrected chi connectivity index (χ1v) is 6.93. The number of anilines is 1. The third-order valence-corrected chi connectivity index (χ3v) is 4.28. The largest absolute Gasteiger partial charge is 0.481 e. The number of hydrogen-bond donors (Lipinski definition) is 2. The molecular weight excluding hydrogens is 344 g/mol. The summed E-state index contributed by atoms with van der Waals surface area (Å²) in [6, 6.07) is 4.25. The number of carbonyl (C=O) groups is 2. The lowest BCUT2D eigenvalue weighted by Gasteiger charge is -2.07. The Morgan fingerprint density at radius 2 is 2.00 bits per heavy atom. The molecule has 0 spiro atoms. The van der Waals surface area contributed by atoms with E-state index in [1.807, 2.05) is 0 Å². The van der Waals surface area contributed by atoms with Crippen LogP contribution in [0.4, 0.5) is 11.4 Å². The summed E-state index contributed by atoms with van der Waals surface area (Å²) in [6.45, 7) is 3.37. The number of nitrogens with zero attached hydrogens (tertiary/aromatic N) is 1. The minimum Gasteiger partial charge on any atom is -0.481 e. The molecule has 1 saturated carbocycles. The van der Waals surface area contributed by atoms with Crippen LogP contribution in [0.5, 0.6) is 0 Å². The van der Waals surface area contributed by atoms with E-state index >= 15 is 0 Å². The summed E-state index contributed by atoms with van der Waals surface area (Å²) in [7, 11) is 0. The number of aliphatic carboxylic acids is 1. The maximum atomic E-state index is 12.2. The third-order valence-electron chi connectivity index (χ3n) is 3.79. The average molecular weight is 357 g/mol. The molecule has 7 nitrogen and oxygen atoms in total. The van der Waals surface area contributed by atoms with E-state index in [9.17, 15) is 19.7 Å². The van der Waals surface area contributed by atoms with Gasteiger partial charge in [-0.1, -0.05) is 29.8 Å². The summed E-state index contributed by atoms with van der Waals surface area (Å²) >= 11 is 3.12. The SMILES string of the molecule is CC1(C)C(C(=O)O)C1C(=O)Nc1ccc(Br)cc1[N+](=O)[O-]. The van der Waals surface area contributed by atoms with Crippen LogP contribution in [-0.4, -0.2) is 21.9 Å². The Hall–Kier alpha value is -1.96. The van der Waals surface area contributed by atoms with E-state index in [1.54, 1.807) is 19.9 Å². The molecule has 2 N–H and O–H groups in total. The molecule has 2 unspecified atom stereocenters. The molecule has 21 heavy (non-hydrogen) atoms. The van der Waals surface area contributed by atoms with Gasteiger partial charge < -0.3 is 10.4 Å². The van der Waals surface area contributed by atoms with Crippen LogP contribution in [0.25, 0.3) is 0 Å². The van der Waals surface area contributed by atoms with Crippen LogP contribution in [-0.2, 0) is 9.59 Å². The molecule has 0 radical (unpaired) electrons. The maximum Gasteiger partial charge on any atom is 0.307 e. The number of carboxylic acid groups (broad SMARTS) is 1. The van der Waals surface area contributed by atoms with Gasteiger partial charge in [-0.25, -0.2) is 0 Å². The summed E-state index contributed by atoms with van der Waals surface area (Å²) < 4.78 is 0.516. The van der Waals surface area contributed by atoms with E-state index in [2.05, 4.69) is 21.2 Å². The lowest BCUT2D eigenvalue weighted by Crippen LogP contribution is -2.18. The fourth-order valence-corrected chi connectivity index (χ4v) is 2.91. The first kappa shape index (κ1) is 15.4. The van der Waals surface area contributed by atoms with Crippen LogP contribution in [0.1, 0.15) is 13.8 Å². The molecule has 112 valence electrons. The first-order chi connectivity index (χ1) is 9.66. The average Bonchev–Trinajstić information content (AvgIpc) is 2.94. The molecule has 0 bridgehead atoms. The molecule has 0 aliphatic heterocycles. The lowest BCUT2D eigenvalue weighted by atomic mass is 10.1. The van der Waals surface area contributed by atoms with Crippen molar-refractivity contribution in [2.24, 2.45) is 17.3 Å². The van der Waals surface area contributed by atoms with E-state index in [-0.39, 0.29) is 11.4 Å². The molecule has 1 aliphatic rings. The number of amides is 1. The molecule has 1 amide bonds. The lowest BCUT2D eigenvalue weighted by molar-refractivity contribution is -0.384. The molecule has 1 aromatic rings. The predicted molar refractivity (Wildman–Crippen MR) is 77.8 cm³/mol. The molecule has 1 aliphatic carbocycles. The van der Waals surface area contributed by atoms with Gasteiger partial charge in [-0.3, -0.25) is 19.7 Å². The Balaban J connectivity index is 2.22. The quantitative estimate of drug-likeness (QED) is 0.636. The molecule has 2 atom stereocenters. The van der Waals surface area contributed by atoms with Crippen molar-refractivity contribution in [3.63, 3.8) is 0 Å². The normalized spacial score (nSPS) is 22.4. The Morgan fingerprint density at radius 3 is 2.48 bits per heavy atom. The van der Waals surface area contributed by atoms with Gasteiger partial charge in [-0.2, -0.15) is 0 Å². The van der Waals surface area contributed by atoms with Gasteiger partial charge in [0, 0.05) is 10.5 Å². The van der Waals surface area contributed by atoms with Crippen LogP contribution in [0, 0.1) is 27.4 Å². The number of nitro groups is 1.